The number of carbonyl (C=O) groups is 1. The molecule has 1 heterocycles. The van der Waals surface area contributed by atoms with Gasteiger partial charge in [0.15, 0.2) is 5.82 Å². The predicted molar refractivity (Wildman–Crippen MR) is 120 cm³/mol. The number of benzene rings is 3. The molecule has 0 fully saturated rings. The van der Waals surface area contributed by atoms with Gasteiger partial charge in [0.25, 0.3) is 5.91 Å². The zero-order chi connectivity index (χ0) is 21.1. The minimum Gasteiger partial charge on any atom is -0.495 e. The molecule has 3 aromatic carbocycles. The van der Waals surface area contributed by atoms with E-state index in [4.69, 9.17) is 4.74 Å². The summed E-state index contributed by atoms with van der Waals surface area (Å²) in [7, 11) is 1.56. The average Bonchev–Trinajstić information content (AvgIpc) is 3.21. The van der Waals surface area contributed by atoms with Crippen molar-refractivity contribution in [3.8, 4) is 22.8 Å². The van der Waals surface area contributed by atoms with Crippen LogP contribution >= 0.6 is 15.9 Å². The molecule has 0 aliphatic rings. The highest BCUT2D eigenvalue weighted by atomic mass is 79.9. The lowest BCUT2D eigenvalue weighted by Gasteiger charge is -2.08. The summed E-state index contributed by atoms with van der Waals surface area (Å²) in [5.74, 6) is 0.808. The van der Waals surface area contributed by atoms with Crippen molar-refractivity contribution < 1.29 is 9.53 Å². The Bertz CT molecular complexity index is 1120. The summed E-state index contributed by atoms with van der Waals surface area (Å²) in [5.41, 5.74) is 3.37. The minimum absolute atomic E-state index is 0.0689. The molecule has 0 saturated heterocycles. The maximum atomic E-state index is 12.9. The number of ether oxygens (including phenoxy) is 1. The second kappa shape index (κ2) is 8.51. The fourth-order valence-corrected chi connectivity index (χ4v) is 3.25. The SMILES string of the molecule is COc1ccccc1NC(=O)c1nc(-c2ccc(C)cc2)n(-c2ccc(Br)cc2)n1. The number of amides is 1. The maximum Gasteiger partial charge on any atom is 0.295 e. The molecule has 1 amide bonds. The Morgan fingerprint density at radius 2 is 1.70 bits per heavy atom. The number of carbonyl (C=O) groups excluding carboxylic acids is 1. The third-order valence-electron chi connectivity index (χ3n) is 4.55. The molecule has 1 aromatic heterocycles. The number of anilines is 1. The van der Waals surface area contributed by atoms with E-state index >= 15 is 0 Å². The summed E-state index contributed by atoms with van der Waals surface area (Å²) in [4.78, 5) is 17.5. The van der Waals surface area contributed by atoms with Gasteiger partial charge in [0.05, 0.1) is 18.5 Å². The summed E-state index contributed by atoms with van der Waals surface area (Å²) < 4.78 is 7.94. The molecule has 150 valence electrons. The lowest BCUT2D eigenvalue weighted by molar-refractivity contribution is 0.101. The quantitative estimate of drug-likeness (QED) is 0.438. The molecular weight excluding hydrogens is 444 g/mol. The van der Waals surface area contributed by atoms with Crippen LogP contribution in [0.4, 0.5) is 5.69 Å². The smallest absolute Gasteiger partial charge is 0.295 e. The standard InChI is InChI=1S/C23H19BrN4O2/c1-15-7-9-16(10-8-15)22-26-21(27-28(22)18-13-11-17(24)12-14-18)23(29)25-19-5-3-4-6-20(19)30-2/h3-14H,1-2H3,(H,25,29). The first kappa shape index (κ1) is 19.8. The molecule has 7 heteroatoms. The Labute approximate surface area is 182 Å². The average molecular weight is 463 g/mol. The summed E-state index contributed by atoms with van der Waals surface area (Å²) in [5, 5.41) is 7.33. The Hall–Kier alpha value is -3.45. The number of aromatic nitrogens is 3. The largest absolute Gasteiger partial charge is 0.495 e. The lowest BCUT2D eigenvalue weighted by Crippen LogP contribution is -2.14. The molecular formula is C23H19BrN4O2. The fourth-order valence-electron chi connectivity index (χ4n) is 2.99. The molecule has 0 bridgehead atoms. The molecule has 0 spiro atoms. The highest BCUT2D eigenvalue weighted by Crippen LogP contribution is 2.25. The molecule has 4 aromatic rings. The molecule has 0 radical (unpaired) electrons. The van der Waals surface area contributed by atoms with Gasteiger partial charge < -0.3 is 10.1 Å². The summed E-state index contributed by atoms with van der Waals surface area (Å²) >= 11 is 3.45. The van der Waals surface area contributed by atoms with Gasteiger partial charge in [-0.2, -0.15) is 0 Å². The van der Waals surface area contributed by atoms with Crippen molar-refractivity contribution in [2.45, 2.75) is 6.92 Å². The molecule has 1 N–H and O–H groups in total. The van der Waals surface area contributed by atoms with Crippen LogP contribution in [-0.4, -0.2) is 27.8 Å². The van der Waals surface area contributed by atoms with Crippen LogP contribution in [0.2, 0.25) is 0 Å². The van der Waals surface area contributed by atoms with Crippen molar-refractivity contribution in [1.82, 2.24) is 14.8 Å². The number of rotatable bonds is 5. The zero-order valence-corrected chi connectivity index (χ0v) is 18.1. The lowest BCUT2D eigenvalue weighted by atomic mass is 10.1. The highest BCUT2D eigenvalue weighted by molar-refractivity contribution is 9.10. The van der Waals surface area contributed by atoms with Gasteiger partial charge in [-0.05, 0) is 43.3 Å². The van der Waals surface area contributed by atoms with Crippen LogP contribution in [0.25, 0.3) is 17.1 Å². The first-order valence-electron chi connectivity index (χ1n) is 9.29. The molecule has 0 unspecified atom stereocenters. The summed E-state index contributed by atoms with van der Waals surface area (Å²) in [6.07, 6.45) is 0. The number of aryl methyl sites for hydroxylation is 1. The number of nitrogens with zero attached hydrogens (tertiary/aromatic N) is 3. The van der Waals surface area contributed by atoms with Gasteiger partial charge in [0.2, 0.25) is 5.82 Å². The van der Waals surface area contributed by atoms with Gasteiger partial charge in [-0.15, -0.1) is 5.10 Å². The molecule has 0 saturated carbocycles. The molecule has 6 nitrogen and oxygen atoms in total. The van der Waals surface area contributed by atoms with Crippen molar-refractivity contribution in [3.63, 3.8) is 0 Å². The van der Waals surface area contributed by atoms with E-state index in [2.05, 4.69) is 31.3 Å². The number of hydrogen-bond donors (Lipinski definition) is 1. The van der Waals surface area contributed by atoms with E-state index in [1.54, 1.807) is 23.9 Å². The van der Waals surface area contributed by atoms with E-state index in [1.165, 1.54) is 0 Å². The van der Waals surface area contributed by atoms with Crippen LogP contribution in [0.15, 0.2) is 77.3 Å². The maximum absolute atomic E-state index is 12.9. The topological polar surface area (TPSA) is 69.0 Å². The monoisotopic (exact) mass is 462 g/mol. The van der Waals surface area contributed by atoms with Crippen LogP contribution in [0.1, 0.15) is 16.2 Å². The number of nitrogens with one attached hydrogen (secondary N) is 1. The number of para-hydroxylation sites is 2. The Balaban J connectivity index is 1.75. The first-order valence-corrected chi connectivity index (χ1v) is 10.1. The van der Waals surface area contributed by atoms with Crippen LogP contribution in [0.5, 0.6) is 5.75 Å². The number of methoxy groups -OCH3 is 1. The van der Waals surface area contributed by atoms with E-state index < -0.39 is 5.91 Å². The first-order chi connectivity index (χ1) is 14.5. The zero-order valence-electron chi connectivity index (χ0n) is 16.5. The van der Waals surface area contributed by atoms with Crippen LogP contribution in [0.3, 0.4) is 0 Å². The fraction of sp³-hybridized carbons (Fsp3) is 0.0870. The van der Waals surface area contributed by atoms with Crippen molar-refractivity contribution in [3.05, 3.63) is 88.7 Å². The van der Waals surface area contributed by atoms with Crippen molar-refractivity contribution in [1.29, 1.82) is 0 Å². The Morgan fingerprint density at radius 3 is 2.40 bits per heavy atom. The summed E-state index contributed by atoms with van der Waals surface area (Å²) in [6, 6.07) is 22.8. The van der Waals surface area contributed by atoms with Gasteiger partial charge in [0, 0.05) is 10.0 Å². The molecule has 0 aliphatic carbocycles. The van der Waals surface area contributed by atoms with Crippen LogP contribution < -0.4 is 10.1 Å². The second-order valence-corrected chi connectivity index (χ2v) is 7.58. The molecule has 0 aliphatic heterocycles. The molecule has 0 atom stereocenters. The van der Waals surface area contributed by atoms with Gasteiger partial charge in [-0.1, -0.05) is 57.9 Å². The van der Waals surface area contributed by atoms with Gasteiger partial charge >= 0.3 is 0 Å². The van der Waals surface area contributed by atoms with Gasteiger partial charge in [-0.3, -0.25) is 4.79 Å². The number of halogens is 1. The van der Waals surface area contributed by atoms with Gasteiger partial charge in [-0.25, -0.2) is 9.67 Å². The molecule has 30 heavy (non-hydrogen) atoms. The Kier molecular flexibility index (Phi) is 5.63. The minimum atomic E-state index is -0.413. The van der Waals surface area contributed by atoms with E-state index in [-0.39, 0.29) is 5.82 Å². The normalized spacial score (nSPS) is 10.6. The summed E-state index contributed by atoms with van der Waals surface area (Å²) in [6.45, 7) is 2.02. The second-order valence-electron chi connectivity index (χ2n) is 6.67. The van der Waals surface area contributed by atoms with Crippen molar-refractivity contribution in [2.24, 2.45) is 0 Å². The van der Waals surface area contributed by atoms with E-state index in [0.29, 0.717) is 17.3 Å². The van der Waals surface area contributed by atoms with Crippen molar-refractivity contribution in [2.75, 3.05) is 12.4 Å². The molecule has 4 rings (SSSR count). The third kappa shape index (κ3) is 4.11. The predicted octanol–water partition coefficient (Wildman–Crippen LogP) is 5.27. The third-order valence-corrected chi connectivity index (χ3v) is 5.08. The van der Waals surface area contributed by atoms with E-state index in [1.807, 2.05) is 67.6 Å². The van der Waals surface area contributed by atoms with Crippen LogP contribution in [-0.2, 0) is 0 Å². The van der Waals surface area contributed by atoms with Gasteiger partial charge in [0.1, 0.15) is 5.75 Å². The van der Waals surface area contributed by atoms with Crippen molar-refractivity contribution >= 4 is 27.5 Å². The van der Waals surface area contributed by atoms with Crippen LogP contribution in [0, 0.1) is 6.92 Å². The van der Waals surface area contributed by atoms with E-state index in [0.717, 1.165) is 21.3 Å². The Morgan fingerprint density at radius 1 is 1.00 bits per heavy atom. The van der Waals surface area contributed by atoms with E-state index in [9.17, 15) is 4.79 Å². The highest BCUT2D eigenvalue weighted by Gasteiger charge is 2.20. The number of hydrogen-bond acceptors (Lipinski definition) is 4.